The van der Waals surface area contributed by atoms with Crippen molar-refractivity contribution in [2.45, 2.75) is 13.3 Å². The molecule has 0 aliphatic rings. The highest BCUT2D eigenvalue weighted by Crippen LogP contribution is 2.23. The van der Waals surface area contributed by atoms with Crippen LogP contribution >= 0.6 is 0 Å². The van der Waals surface area contributed by atoms with Crippen LogP contribution in [0.1, 0.15) is 16.1 Å². The predicted molar refractivity (Wildman–Crippen MR) is 129 cm³/mol. The molecule has 0 fully saturated rings. The van der Waals surface area contributed by atoms with Crippen molar-refractivity contribution in [2.75, 3.05) is 0 Å². The van der Waals surface area contributed by atoms with E-state index in [1.54, 1.807) is 16.9 Å². The summed E-state index contributed by atoms with van der Waals surface area (Å²) in [6.07, 6.45) is 3.67. The monoisotopic (exact) mass is 449 g/mol. The quantitative estimate of drug-likeness (QED) is 0.373. The molecular formula is C27H23N5O2. The molecule has 0 saturated heterocycles. The van der Waals surface area contributed by atoms with Crippen LogP contribution in [-0.4, -0.2) is 25.5 Å². The number of para-hydroxylation sites is 2. The van der Waals surface area contributed by atoms with Crippen LogP contribution in [0.15, 0.2) is 109 Å². The molecule has 5 rings (SSSR count). The number of ether oxygens (including phenoxy) is 1. The van der Waals surface area contributed by atoms with E-state index in [0.717, 1.165) is 28.3 Å². The standard InChI is InChI=1S/C27H23N5O2/c33-27(25-16-17-31(29-25)20-34-24-14-8-3-9-15-24)28-18-22-19-32(23-12-6-2-7-13-23)30-26(22)21-10-4-1-5-11-21/h1-17,19H,18,20H2,(H,28,33). The second kappa shape index (κ2) is 9.87. The van der Waals surface area contributed by atoms with E-state index in [-0.39, 0.29) is 12.6 Å². The minimum atomic E-state index is -0.259. The zero-order chi connectivity index (χ0) is 23.2. The number of nitrogens with one attached hydrogen (secondary N) is 1. The molecule has 5 aromatic rings. The van der Waals surface area contributed by atoms with Crippen LogP contribution in [0.5, 0.6) is 5.75 Å². The average Bonchev–Trinajstić information content (AvgIpc) is 3.55. The normalized spacial score (nSPS) is 10.7. The summed E-state index contributed by atoms with van der Waals surface area (Å²) in [6, 6.07) is 31.0. The van der Waals surface area contributed by atoms with Gasteiger partial charge in [-0.3, -0.25) is 4.79 Å². The molecule has 0 radical (unpaired) electrons. The number of carbonyl (C=O) groups excluding carboxylic acids is 1. The Bertz CT molecular complexity index is 1360. The molecule has 1 amide bonds. The maximum Gasteiger partial charge on any atom is 0.272 e. The molecule has 0 aliphatic carbocycles. The van der Waals surface area contributed by atoms with Gasteiger partial charge >= 0.3 is 0 Å². The smallest absolute Gasteiger partial charge is 0.272 e. The molecule has 34 heavy (non-hydrogen) atoms. The molecule has 0 unspecified atom stereocenters. The molecule has 7 heteroatoms. The molecule has 0 atom stereocenters. The number of amides is 1. The van der Waals surface area contributed by atoms with Gasteiger partial charge in [-0.25, -0.2) is 9.36 Å². The first-order chi connectivity index (χ1) is 16.8. The van der Waals surface area contributed by atoms with Crippen molar-refractivity contribution in [1.82, 2.24) is 24.9 Å². The predicted octanol–water partition coefficient (Wildman–Crippen LogP) is 4.70. The number of nitrogens with zero attached hydrogens (tertiary/aromatic N) is 4. The van der Waals surface area contributed by atoms with Gasteiger partial charge in [0.1, 0.15) is 11.4 Å². The molecule has 1 N–H and O–H groups in total. The minimum absolute atomic E-state index is 0.222. The average molecular weight is 450 g/mol. The van der Waals surface area contributed by atoms with Gasteiger partial charge in [0.2, 0.25) is 0 Å². The number of rotatable bonds is 8. The zero-order valence-electron chi connectivity index (χ0n) is 18.4. The van der Waals surface area contributed by atoms with Crippen molar-refractivity contribution in [3.8, 4) is 22.7 Å². The van der Waals surface area contributed by atoms with Gasteiger partial charge in [-0.2, -0.15) is 10.2 Å². The molecular weight excluding hydrogens is 426 g/mol. The first kappa shape index (κ1) is 21.2. The van der Waals surface area contributed by atoms with Gasteiger partial charge in [0.15, 0.2) is 6.73 Å². The zero-order valence-corrected chi connectivity index (χ0v) is 18.4. The van der Waals surface area contributed by atoms with Crippen molar-refractivity contribution in [3.63, 3.8) is 0 Å². The number of benzene rings is 3. The Kier molecular flexibility index (Phi) is 6.16. The van der Waals surface area contributed by atoms with Crippen molar-refractivity contribution in [1.29, 1.82) is 0 Å². The summed E-state index contributed by atoms with van der Waals surface area (Å²) in [6.45, 7) is 0.544. The molecule has 0 aliphatic heterocycles. The lowest BCUT2D eigenvalue weighted by atomic mass is 10.1. The van der Waals surface area contributed by atoms with Crippen molar-refractivity contribution in [2.24, 2.45) is 0 Å². The second-order valence-electron chi connectivity index (χ2n) is 7.66. The van der Waals surface area contributed by atoms with Crippen LogP contribution < -0.4 is 10.1 Å². The Labute approximate surface area is 197 Å². The Morgan fingerprint density at radius 3 is 2.24 bits per heavy atom. The molecule has 2 aromatic heterocycles. The van der Waals surface area contributed by atoms with Gasteiger partial charge in [-0.15, -0.1) is 0 Å². The minimum Gasteiger partial charge on any atom is -0.471 e. The summed E-state index contributed by atoms with van der Waals surface area (Å²) in [7, 11) is 0. The lowest BCUT2D eigenvalue weighted by Gasteiger charge is -2.06. The van der Waals surface area contributed by atoms with Gasteiger partial charge in [-0.05, 0) is 30.3 Å². The SMILES string of the molecule is O=C(NCc1cn(-c2ccccc2)nc1-c1ccccc1)c1ccn(COc2ccccc2)n1. The second-order valence-corrected chi connectivity index (χ2v) is 7.66. The third kappa shape index (κ3) is 4.88. The van der Waals surface area contributed by atoms with Gasteiger partial charge in [0.25, 0.3) is 5.91 Å². The topological polar surface area (TPSA) is 74.0 Å². The number of carbonyl (C=O) groups is 1. The van der Waals surface area contributed by atoms with Gasteiger partial charge in [-0.1, -0.05) is 66.7 Å². The Morgan fingerprint density at radius 2 is 1.50 bits per heavy atom. The highest BCUT2D eigenvalue weighted by atomic mass is 16.5. The van der Waals surface area contributed by atoms with Crippen LogP contribution in [0.25, 0.3) is 16.9 Å². The van der Waals surface area contributed by atoms with E-state index in [1.807, 2.05) is 102 Å². The molecule has 3 aromatic carbocycles. The molecule has 0 saturated carbocycles. The maximum absolute atomic E-state index is 12.8. The summed E-state index contributed by atoms with van der Waals surface area (Å²) in [5, 5.41) is 12.1. The summed E-state index contributed by atoms with van der Waals surface area (Å²) in [5.74, 6) is 0.484. The molecule has 2 heterocycles. The molecule has 168 valence electrons. The van der Waals surface area contributed by atoms with Crippen LogP contribution in [0.2, 0.25) is 0 Å². The highest BCUT2D eigenvalue weighted by molar-refractivity contribution is 5.92. The third-order valence-electron chi connectivity index (χ3n) is 5.28. The fourth-order valence-electron chi connectivity index (χ4n) is 3.57. The molecule has 0 spiro atoms. The van der Waals surface area contributed by atoms with E-state index in [4.69, 9.17) is 9.84 Å². The van der Waals surface area contributed by atoms with E-state index in [9.17, 15) is 4.79 Å². The number of aromatic nitrogens is 4. The lowest BCUT2D eigenvalue weighted by Crippen LogP contribution is -2.23. The van der Waals surface area contributed by atoms with Crippen molar-refractivity contribution < 1.29 is 9.53 Å². The summed E-state index contributed by atoms with van der Waals surface area (Å²) in [4.78, 5) is 12.8. The van der Waals surface area contributed by atoms with Crippen molar-refractivity contribution >= 4 is 5.91 Å². The first-order valence-corrected chi connectivity index (χ1v) is 11.0. The van der Waals surface area contributed by atoms with E-state index in [1.165, 1.54) is 0 Å². The Hall–Kier alpha value is -4.65. The third-order valence-corrected chi connectivity index (χ3v) is 5.28. The van der Waals surface area contributed by atoms with Crippen LogP contribution in [-0.2, 0) is 13.3 Å². The lowest BCUT2D eigenvalue weighted by molar-refractivity contribution is 0.0944. The van der Waals surface area contributed by atoms with E-state index >= 15 is 0 Å². The summed E-state index contributed by atoms with van der Waals surface area (Å²) < 4.78 is 9.10. The van der Waals surface area contributed by atoms with Crippen LogP contribution in [0.3, 0.4) is 0 Å². The van der Waals surface area contributed by atoms with E-state index < -0.39 is 0 Å². The van der Waals surface area contributed by atoms with E-state index in [2.05, 4.69) is 10.4 Å². The Morgan fingerprint density at radius 1 is 0.824 bits per heavy atom. The van der Waals surface area contributed by atoms with Gasteiger partial charge in [0, 0.05) is 30.1 Å². The summed E-state index contributed by atoms with van der Waals surface area (Å²) in [5.41, 5.74) is 4.01. The maximum atomic E-state index is 12.8. The molecule has 0 bridgehead atoms. The van der Waals surface area contributed by atoms with Crippen LogP contribution in [0.4, 0.5) is 0 Å². The van der Waals surface area contributed by atoms with Gasteiger partial charge < -0.3 is 10.1 Å². The number of hydrogen-bond donors (Lipinski definition) is 1. The Balaban J connectivity index is 1.29. The van der Waals surface area contributed by atoms with Gasteiger partial charge in [0.05, 0.1) is 11.4 Å². The fraction of sp³-hybridized carbons (Fsp3) is 0.0741. The fourth-order valence-corrected chi connectivity index (χ4v) is 3.57. The summed E-state index contributed by atoms with van der Waals surface area (Å²) >= 11 is 0. The molecule has 7 nitrogen and oxygen atoms in total. The first-order valence-electron chi connectivity index (χ1n) is 11.0. The highest BCUT2D eigenvalue weighted by Gasteiger charge is 2.15. The van der Waals surface area contributed by atoms with E-state index in [0.29, 0.717) is 12.2 Å². The van der Waals surface area contributed by atoms with Crippen LogP contribution in [0, 0.1) is 0 Å². The van der Waals surface area contributed by atoms with Crippen molar-refractivity contribution in [3.05, 3.63) is 121 Å². The number of hydrogen-bond acceptors (Lipinski definition) is 4. The largest absolute Gasteiger partial charge is 0.471 e.